The Morgan fingerprint density at radius 1 is 1.47 bits per heavy atom. The number of nitrogens with one attached hydrogen (secondary N) is 1. The molecule has 0 saturated heterocycles. The molecular formula is C12H20N2O2S. The van der Waals surface area contributed by atoms with E-state index in [2.05, 4.69) is 30.5 Å². The van der Waals surface area contributed by atoms with Crippen molar-refractivity contribution in [1.29, 1.82) is 0 Å². The van der Waals surface area contributed by atoms with Gasteiger partial charge in [-0.2, -0.15) is 4.37 Å². The van der Waals surface area contributed by atoms with Gasteiger partial charge in [0.1, 0.15) is 10.6 Å². The maximum absolute atomic E-state index is 11.8. The Morgan fingerprint density at radius 2 is 2.12 bits per heavy atom. The molecule has 0 aliphatic rings. The molecule has 5 heteroatoms. The molecule has 0 radical (unpaired) electrons. The molecule has 0 saturated carbocycles. The fourth-order valence-corrected chi connectivity index (χ4v) is 2.26. The quantitative estimate of drug-likeness (QED) is 0.822. The molecule has 0 aromatic carbocycles. The van der Waals surface area contributed by atoms with Crippen molar-refractivity contribution < 1.29 is 9.53 Å². The van der Waals surface area contributed by atoms with Gasteiger partial charge in [0.15, 0.2) is 0 Å². The van der Waals surface area contributed by atoms with Gasteiger partial charge in [0.25, 0.3) is 0 Å². The fraction of sp³-hybridized carbons (Fsp3) is 0.667. The number of carbonyl (C=O) groups is 1. The van der Waals surface area contributed by atoms with Crippen LogP contribution in [0.2, 0.25) is 0 Å². The van der Waals surface area contributed by atoms with E-state index < -0.39 is 0 Å². The Hall–Kier alpha value is -1.10. The van der Waals surface area contributed by atoms with E-state index in [-0.39, 0.29) is 11.5 Å². The summed E-state index contributed by atoms with van der Waals surface area (Å²) in [6, 6.07) is 0. The molecular weight excluding hydrogens is 236 g/mol. The monoisotopic (exact) mass is 256 g/mol. The number of esters is 1. The third kappa shape index (κ3) is 3.43. The summed E-state index contributed by atoms with van der Waals surface area (Å²) in [5, 5.41) is 4.15. The summed E-state index contributed by atoms with van der Waals surface area (Å²) in [5.74, 6) is -0.298. The Labute approximate surface area is 107 Å². The van der Waals surface area contributed by atoms with E-state index in [1.54, 1.807) is 6.92 Å². The van der Waals surface area contributed by atoms with Gasteiger partial charge in [-0.25, -0.2) is 4.79 Å². The number of aryl methyl sites for hydroxylation is 1. The van der Waals surface area contributed by atoms with Gasteiger partial charge in [0.2, 0.25) is 0 Å². The van der Waals surface area contributed by atoms with Gasteiger partial charge in [0, 0.05) is 5.54 Å². The van der Waals surface area contributed by atoms with Gasteiger partial charge in [-0.15, -0.1) is 0 Å². The third-order valence-electron chi connectivity index (χ3n) is 2.68. The van der Waals surface area contributed by atoms with Crippen molar-refractivity contribution in [3.8, 4) is 0 Å². The topological polar surface area (TPSA) is 51.2 Å². The number of anilines is 1. The van der Waals surface area contributed by atoms with Crippen molar-refractivity contribution in [3.63, 3.8) is 0 Å². The van der Waals surface area contributed by atoms with Crippen LogP contribution < -0.4 is 5.32 Å². The van der Waals surface area contributed by atoms with Crippen molar-refractivity contribution in [2.24, 2.45) is 0 Å². The highest BCUT2D eigenvalue weighted by atomic mass is 32.1. The van der Waals surface area contributed by atoms with Crippen molar-refractivity contribution in [2.45, 2.75) is 46.6 Å². The Bertz CT molecular complexity index is 399. The zero-order chi connectivity index (χ0) is 13.1. The lowest BCUT2D eigenvalue weighted by Crippen LogP contribution is -2.30. The molecule has 17 heavy (non-hydrogen) atoms. The molecule has 0 unspecified atom stereocenters. The van der Waals surface area contributed by atoms with Crippen LogP contribution in [0.25, 0.3) is 0 Å². The predicted molar refractivity (Wildman–Crippen MR) is 70.8 cm³/mol. The van der Waals surface area contributed by atoms with Crippen LogP contribution in [0, 0.1) is 6.92 Å². The smallest absolute Gasteiger partial charge is 0.343 e. The van der Waals surface area contributed by atoms with E-state index in [0.29, 0.717) is 12.2 Å². The highest BCUT2D eigenvalue weighted by Crippen LogP contribution is 2.29. The van der Waals surface area contributed by atoms with Crippen LogP contribution in [0.1, 0.15) is 50.2 Å². The minimum atomic E-state index is -0.298. The number of aromatic nitrogens is 1. The molecule has 4 nitrogen and oxygen atoms in total. The molecule has 0 atom stereocenters. The fourth-order valence-electron chi connectivity index (χ4n) is 1.29. The second-order valence-corrected chi connectivity index (χ2v) is 5.33. The maximum atomic E-state index is 11.8. The summed E-state index contributed by atoms with van der Waals surface area (Å²) in [6.45, 7) is 10.3. The Kier molecular flexibility index (Phi) is 4.51. The van der Waals surface area contributed by atoms with Crippen LogP contribution in [-0.2, 0) is 4.74 Å². The molecule has 0 bridgehead atoms. The average molecular weight is 256 g/mol. The Morgan fingerprint density at radius 3 is 2.65 bits per heavy atom. The van der Waals surface area contributed by atoms with Crippen molar-refractivity contribution >= 4 is 22.5 Å². The number of nitrogens with zero attached hydrogens (tertiary/aromatic N) is 1. The molecule has 0 aliphatic carbocycles. The molecule has 1 heterocycles. The molecule has 0 fully saturated rings. The maximum Gasteiger partial charge on any atom is 0.343 e. The normalized spacial score (nSPS) is 11.4. The number of hydrogen-bond donors (Lipinski definition) is 1. The summed E-state index contributed by atoms with van der Waals surface area (Å²) >= 11 is 1.31. The molecule has 0 spiro atoms. The summed E-state index contributed by atoms with van der Waals surface area (Å²) in [5.41, 5.74) is 1.24. The van der Waals surface area contributed by atoms with E-state index in [0.717, 1.165) is 17.1 Å². The molecule has 0 aliphatic heterocycles. The predicted octanol–water partition coefficient (Wildman–Crippen LogP) is 3.23. The minimum absolute atomic E-state index is 0.0553. The number of hydrogen-bond acceptors (Lipinski definition) is 5. The third-order valence-corrected chi connectivity index (χ3v) is 3.53. The van der Waals surface area contributed by atoms with Gasteiger partial charge < -0.3 is 10.1 Å². The van der Waals surface area contributed by atoms with Crippen LogP contribution in [0.4, 0.5) is 5.00 Å². The molecule has 1 rings (SSSR count). The average Bonchev–Trinajstić information content (AvgIpc) is 2.59. The van der Waals surface area contributed by atoms with E-state index >= 15 is 0 Å². The van der Waals surface area contributed by atoms with Gasteiger partial charge in [-0.1, -0.05) is 6.92 Å². The van der Waals surface area contributed by atoms with Gasteiger partial charge in [-0.3, -0.25) is 0 Å². The van der Waals surface area contributed by atoms with Crippen LogP contribution in [0.5, 0.6) is 0 Å². The van der Waals surface area contributed by atoms with Crippen molar-refractivity contribution in [2.75, 3.05) is 11.9 Å². The van der Waals surface area contributed by atoms with Crippen LogP contribution >= 0.6 is 11.5 Å². The van der Waals surface area contributed by atoms with E-state index in [1.807, 2.05) is 6.92 Å². The first-order valence-corrected chi connectivity index (χ1v) is 6.60. The second-order valence-electron chi connectivity index (χ2n) is 4.56. The van der Waals surface area contributed by atoms with Crippen LogP contribution in [-0.4, -0.2) is 22.5 Å². The zero-order valence-corrected chi connectivity index (χ0v) is 11.9. The molecule has 1 aromatic heterocycles. The molecule has 1 N–H and O–H groups in total. The van der Waals surface area contributed by atoms with E-state index in [1.165, 1.54) is 11.5 Å². The van der Waals surface area contributed by atoms with Gasteiger partial charge in [-0.05, 0) is 45.6 Å². The van der Waals surface area contributed by atoms with Crippen LogP contribution in [0.3, 0.4) is 0 Å². The van der Waals surface area contributed by atoms with Gasteiger partial charge in [0.05, 0.1) is 12.3 Å². The molecule has 1 aromatic rings. The second kappa shape index (κ2) is 5.49. The zero-order valence-electron chi connectivity index (χ0n) is 11.1. The summed E-state index contributed by atoms with van der Waals surface area (Å²) < 4.78 is 9.26. The number of ether oxygens (including phenoxy) is 1. The van der Waals surface area contributed by atoms with Gasteiger partial charge >= 0.3 is 5.97 Å². The molecule has 96 valence electrons. The molecule has 0 amide bonds. The largest absolute Gasteiger partial charge is 0.462 e. The minimum Gasteiger partial charge on any atom is -0.462 e. The van der Waals surface area contributed by atoms with Crippen molar-refractivity contribution in [1.82, 2.24) is 4.37 Å². The first kappa shape index (κ1) is 14.0. The lowest BCUT2D eigenvalue weighted by Gasteiger charge is -2.25. The lowest BCUT2D eigenvalue weighted by molar-refractivity contribution is 0.0527. The standard InChI is InChI=1S/C12H20N2O2S/c1-6-12(4,5)13-10-9(8(3)14-17-10)11(15)16-7-2/h13H,6-7H2,1-5H3. The SMILES string of the molecule is CCOC(=O)c1c(C)nsc1NC(C)(C)CC. The Balaban J connectivity index is 2.98. The summed E-state index contributed by atoms with van der Waals surface area (Å²) in [6.07, 6.45) is 0.964. The lowest BCUT2D eigenvalue weighted by atomic mass is 10.0. The summed E-state index contributed by atoms with van der Waals surface area (Å²) in [4.78, 5) is 11.8. The van der Waals surface area contributed by atoms with E-state index in [9.17, 15) is 4.79 Å². The highest BCUT2D eigenvalue weighted by Gasteiger charge is 2.24. The van der Waals surface area contributed by atoms with E-state index in [4.69, 9.17) is 4.74 Å². The number of carbonyl (C=O) groups excluding carboxylic acids is 1. The summed E-state index contributed by atoms with van der Waals surface area (Å²) in [7, 11) is 0. The first-order chi connectivity index (χ1) is 7.91. The van der Waals surface area contributed by atoms with Crippen LogP contribution in [0.15, 0.2) is 0 Å². The first-order valence-electron chi connectivity index (χ1n) is 5.82. The van der Waals surface area contributed by atoms with Crippen molar-refractivity contribution in [3.05, 3.63) is 11.3 Å². The highest BCUT2D eigenvalue weighted by molar-refractivity contribution is 7.10. The number of rotatable bonds is 5.